The maximum atomic E-state index is 6.11. The van der Waals surface area contributed by atoms with Crippen molar-refractivity contribution in [3.05, 3.63) is 48.0 Å². The Labute approximate surface area is 160 Å². The third-order valence-corrected chi connectivity index (χ3v) is 4.98. The maximum Gasteiger partial charge on any atom is 0.193 e. The molecule has 0 aromatic heterocycles. The second-order valence-corrected chi connectivity index (χ2v) is 7.14. The molecule has 27 heavy (non-hydrogen) atoms. The number of nitrogens with two attached hydrogens (primary N) is 1. The third-order valence-electron chi connectivity index (χ3n) is 4.98. The fourth-order valence-corrected chi connectivity index (χ4v) is 3.70. The number of hydrogen-bond donors (Lipinski definition) is 2. The Morgan fingerprint density at radius 1 is 1.19 bits per heavy atom. The van der Waals surface area contributed by atoms with Gasteiger partial charge in [0.25, 0.3) is 0 Å². The number of fused-ring (bicyclic) bond motifs is 2. The van der Waals surface area contributed by atoms with E-state index in [-0.39, 0.29) is 0 Å². The molecule has 2 aliphatic rings. The standard InChI is InChI=1S/C21H26N4O2/c1-25-14-15(11-16-5-2-3-6-18(16)25)13-23-21(22)24-17-7-8-19-20(12-17)27-10-4-9-26-19/h2-3,5-8,12,15H,4,9-11,13-14H2,1H3,(H3,22,23,24). The summed E-state index contributed by atoms with van der Waals surface area (Å²) in [5.74, 6) is 2.40. The molecule has 1 atom stereocenters. The minimum atomic E-state index is 0.422. The van der Waals surface area contributed by atoms with Crippen molar-refractivity contribution in [2.24, 2.45) is 16.6 Å². The highest BCUT2D eigenvalue weighted by Crippen LogP contribution is 2.32. The van der Waals surface area contributed by atoms with Crippen LogP contribution in [0.25, 0.3) is 0 Å². The Hall–Kier alpha value is -2.89. The van der Waals surface area contributed by atoms with Crippen LogP contribution in [0, 0.1) is 5.92 Å². The molecule has 0 saturated heterocycles. The average Bonchev–Trinajstić information content (AvgIpc) is 2.91. The zero-order valence-corrected chi connectivity index (χ0v) is 15.6. The number of hydrogen-bond acceptors (Lipinski definition) is 4. The molecule has 0 bridgehead atoms. The molecule has 0 aliphatic carbocycles. The molecule has 1 unspecified atom stereocenters. The minimum Gasteiger partial charge on any atom is -0.490 e. The highest BCUT2D eigenvalue weighted by atomic mass is 16.5. The molecule has 4 rings (SSSR count). The molecule has 0 saturated carbocycles. The average molecular weight is 366 g/mol. The molecular weight excluding hydrogens is 340 g/mol. The summed E-state index contributed by atoms with van der Waals surface area (Å²) in [6.07, 6.45) is 1.92. The van der Waals surface area contributed by atoms with E-state index in [4.69, 9.17) is 15.2 Å². The van der Waals surface area contributed by atoms with Crippen molar-refractivity contribution < 1.29 is 9.47 Å². The number of nitrogens with one attached hydrogen (secondary N) is 1. The first-order valence-electron chi connectivity index (χ1n) is 9.44. The summed E-state index contributed by atoms with van der Waals surface area (Å²) in [5.41, 5.74) is 9.66. The number of benzene rings is 2. The lowest BCUT2D eigenvalue weighted by Gasteiger charge is -2.32. The van der Waals surface area contributed by atoms with Gasteiger partial charge in [0.15, 0.2) is 17.5 Å². The Bertz CT molecular complexity index is 837. The van der Waals surface area contributed by atoms with Gasteiger partial charge in [0.1, 0.15) is 0 Å². The van der Waals surface area contributed by atoms with Gasteiger partial charge < -0.3 is 25.4 Å². The van der Waals surface area contributed by atoms with E-state index in [0.717, 1.165) is 36.6 Å². The normalized spacial score (nSPS) is 19.2. The zero-order chi connectivity index (χ0) is 18.6. The molecule has 2 aromatic rings. The van der Waals surface area contributed by atoms with Crippen LogP contribution in [0.1, 0.15) is 12.0 Å². The molecular formula is C21H26N4O2. The second-order valence-electron chi connectivity index (χ2n) is 7.14. The predicted molar refractivity (Wildman–Crippen MR) is 109 cm³/mol. The van der Waals surface area contributed by atoms with E-state index in [1.807, 2.05) is 18.2 Å². The zero-order valence-electron chi connectivity index (χ0n) is 15.6. The number of aliphatic imine (C=N–C) groups is 1. The topological polar surface area (TPSA) is 72.1 Å². The molecule has 0 fully saturated rings. The van der Waals surface area contributed by atoms with Crippen LogP contribution in [-0.4, -0.2) is 39.3 Å². The van der Waals surface area contributed by atoms with Crippen LogP contribution in [-0.2, 0) is 6.42 Å². The smallest absolute Gasteiger partial charge is 0.193 e. The van der Waals surface area contributed by atoms with E-state index in [1.54, 1.807) is 0 Å². The summed E-state index contributed by atoms with van der Waals surface area (Å²) < 4.78 is 11.4. The highest BCUT2D eigenvalue weighted by Gasteiger charge is 2.21. The van der Waals surface area contributed by atoms with Gasteiger partial charge in [-0.2, -0.15) is 0 Å². The van der Waals surface area contributed by atoms with Crippen LogP contribution in [0.2, 0.25) is 0 Å². The van der Waals surface area contributed by atoms with Gasteiger partial charge in [-0.3, -0.25) is 4.99 Å². The van der Waals surface area contributed by atoms with Gasteiger partial charge in [-0.05, 0) is 30.2 Å². The van der Waals surface area contributed by atoms with E-state index in [9.17, 15) is 0 Å². The van der Waals surface area contributed by atoms with Gasteiger partial charge in [0, 0.05) is 49.9 Å². The predicted octanol–water partition coefficient (Wildman–Crippen LogP) is 2.88. The van der Waals surface area contributed by atoms with Crippen molar-refractivity contribution in [2.45, 2.75) is 12.8 Å². The quantitative estimate of drug-likeness (QED) is 0.646. The number of rotatable bonds is 3. The fourth-order valence-electron chi connectivity index (χ4n) is 3.70. The number of para-hydroxylation sites is 1. The SMILES string of the molecule is CN1CC(CN=C(N)Nc2ccc3c(c2)OCCCO3)Cc2ccccc21. The van der Waals surface area contributed by atoms with Gasteiger partial charge in [0.2, 0.25) is 0 Å². The molecule has 0 spiro atoms. The van der Waals surface area contributed by atoms with Crippen LogP contribution in [0.15, 0.2) is 47.5 Å². The van der Waals surface area contributed by atoms with Crippen molar-refractivity contribution in [1.29, 1.82) is 0 Å². The summed E-state index contributed by atoms with van der Waals surface area (Å²) in [4.78, 5) is 6.86. The van der Waals surface area contributed by atoms with Gasteiger partial charge in [-0.25, -0.2) is 0 Å². The summed E-state index contributed by atoms with van der Waals surface area (Å²) in [6.45, 7) is 3.03. The minimum absolute atomic E-state index is 0.422. The molecule has 2 heterocycles. The van der Waals surface area contributed by atoms with Crippen molar-refractivity contribution in [2.75, 3.05) is 43.6 Å². The lowest BCUT2D eigenvalue weighted by Crippen LogP contribution is -2.34. The largest absolute Gasteiger partial charge is 0.490 e. The van der Waals surface area contributed by atoms with Crippen molar-refractivity contribution >= 4 is 17.3 Å². The van der Waals surface area contributed by atoms with Gasteiger partial charge >= 0.3 is 0 Å². The van der Waals surface area contributed by atoms with Crippen LogP contribution in [0.5, 0.6) is 11.5 Å². The van der Waals surface area contributed by atoms with E-state index < -0.39 is 0 Å². The van der Waals surface area contributed by atoms with Gasteiger partial charge in [0.05, 0.1) is 13.2 Å². The van der Waals surface area contributed by atoms with E-state index in [1.165, 1.54) is 11.3 Å². The summed E-state index contributed by atoms with van der Waals surface area (Å²) in [6, 6.07) is 14.3. The number of ether oxygens (including phenoxy) is 2. The molecule has 6 nitrogen and oxygen atoms in total. The second kappa shape index (κ2) is 7.78. The van der Waals surface area contributed by atoms with Crippen LogP contribution in [0.3, 0.4) is 0 Å². The lowest BCUT2D eigenvalue weighted by atomic mass is 9.93. The van der Waals surface area contributed by atoms with Crippen molar-refractivity contribution in [1.82, 2.24) is 0 Å². The Morgan fingerprint density at radius 3 is 2.89 bits per heavy atom. The summed E-state index contributed by atoms with van der Waals surface area (Å²) >= 11 is 0. The van der Waals surface area contributed by atoms with Gasteiger partial charge in [-0.15, -0.1) is 0 Å². The summed E-state index contributed by atoms with van der Waals surface area (Å²) in [5, 5.41) is 3.16. The third kappa shape index (κ3) is 4.10. The van der Waals surface area contributed by atoms with E-state index in [2.05, 4.69) is 46.5 Å². The number of anilines is 2. The first kappa shape index (κ1) is 17.5. The molecule has 142 valence electrons. The van der Waals surface area contributed by atoms with Crippen molar-refractivity contribution in [3.63, 3.8) is 0 Å². The number of nitrogens with zero attached hydrogens (tertiary/aromatic N) is 2. The maximum absolute atomic E-state index is 6.11. The van der Waals surface area contributed by atoms with Crippen LogP contribution in [0.4, 0.5) is 11.4 Å². The van der Waals surface area contributed by atoms with Crippen molar-refractivity contribution in [3.8, 4) is 11.5 Å². The molecule has 6 heteroatoms. The molecule has 2 aliphatic heterocycles. The number of guanidine groups is 1. The van der Waals surface area contributed by atoms with Crippen LogP contribution >= 0.6 is 0 Å². The fraction of sp³-hybridized carbons (Fsp3) is 0.381. The Kier molecular flexibility index (Phi) is 5.05. The first-order valence-corrected chi connectivity index (χ1v) is 9.44. The van der Waals surface area contributed by atoms with Crippen LogP contribution < -0.4 is 25.4 Å². The van der Waals surface area contributed by atoms with E-state index in [0.29, 0.717) is 31.6 Å². The summed E-state index contributed by atoms with van der Waals surface area (Å²) in [7, 11) is 2.13. The Balaban J connectivity index is 1.38. The molecule has 0 radical (unpaired) electrons. The highest BCUT2D eigenvalue weighted by molar-refractivity contribution is 5.92. The lowest BCUT2D eigenvalue weighted by molar-refractivity contribution is 0.297. The van der Waals surface area contributed by atoms with Gasteiger partial charge in [-0.1, -0.05) is 18.2 Å². The first-order chi connectivity index (χ1) is 13.2. The van der Waals surface area contributed by atoms with E-state index >= 15 is 0 Å². The Morgan fingerprint density at radius 2 is 2.00 bits per heavy atom. The molecule has 3 N–H and O–H groups in total. The monoisotopic (exact) mass is 366 g/mol. The molecule has 0 amide bonds. The molecule has 2 aromatic carbocycles.